The molecule has 1 nitrogen and oxygen atoms in total. The average Bonchev–Trinajstić information content (AvgIpc) is 2.57. The van der Waals surface area contributed by atoms with E-state index in [0.29, 0.717) is 6.04 Å². The molecule has 0 saturated heterocycles. The van der Waals surface area contributed by atoms with Gasteiger partial charge in [-0.25, -0.2) is 0 Å². The minimum absolute atomic E-state index is 0.291. The van der Waals surface area contributed by atoms with E-state index in [9.17, 15) is 0 Å². The predicted molar refractivity (Wildman–Crippen MR) is 99.2 cm³/mol. The van der Waals surface area contributed by atoms with Gasteiger partial charge >= 0.3 is 0 Å². The SMILES string of the molecule is C=CC(NCCCCCCCCCCCC)c1ccccc1. The van der Waals surface area contributed by atoms with Gasteiger partial charge < -0.3 is 5.32 Å². The Labute approximate surface area is 138 Å². The lowest BCUT2D eigenvalue weighted by Crippen LogP contribution is -2.20. The number of hydrogen-bond acceptors (Lipinski definition) is 1. The Hall–Kier alpha value is -1.08. The van der Waals surface area contributed by atoms with Crippen molar-refractivity contribution in [3.05, 3.63) is 48.6 Å². The Morgan fingerprint density at radius 3 is 1.95 bits per heavy atom. The average molecular weight is 302 g/mol. The summed E-state index contributed by atoms with van der Waals surface area (Å²) in [5.41, 5.74) is 1.31. The summed E-state index contributed by atoms with van der Waals surface area (Å²) in [7, 11) is 0. The maximum Gasteiger partial charge on any atom is 0.0503 e. The lowest BCUT2D eigenvalue weighted by molar-refractivity contribution is 0.532. The third-order valence-corrected chi connectivity index (χ3v) is 4.29. The molecule has 1 heteroatoms. The van der Waals surface area contributed by atoms with E-state index in [2.05, 4.69) is 49.2 Å². The van der Waals surface area contributed by atoms with Crippen molar-refractivity contribution >= 4 is 0 Å². The molecule has 1 atom stereocenters. The second kappa shape index (κ2) is 13.6. The van der Waals surface area contributed by atoms with E-state index in [4.69, 9.17) is 0 Å². The van der Waals surface area contributed by atoms with Crippen LogP contribution in [0.2, 0.25) is 0 Å². The van der Waals surface area contributed by atoms with Crippen LogP contribution in [0.4, 0.5) is 0 Å². The molecule has 0 aliphatic rings. The predicted octanol–water partition coefficient (Wildman–Crippen LogP) is 6.42. The molecule has 0 spiro atoms. The maximum atomic E-state index is 3.94. The molecule has 1 N–H and O–H groups in total. The van der Waals surface area contributed by atoms with Gasteiger partial charge in [-0.05, 0) is 18.5 Å². The van der Waals surface area contributed by atoms with Crippen LogP contribution in [-0.2, 0) is 0 Å². The minimum Gasteiger partial charge on any atom is -0.307 e. The van der Waals surface area contributed by atoms with E-state index in [0.717, 1.165) is 6.54 Å². The van der Waals surface area contributed by atoms with Gasteiger partial charge in [0.2, 0.25) is 0 Å². The second-order valence-corrected chi connectivity index (χ2v) is 6.26. The normalized spacial score (nSPS) is 12.2. The van der Waals surface area contributed by atoms with Gasteiger partial charge in [0.05, 0.1) is 6.04 Å². The van der Waals surface area contributed by atoms with E-state index in [1.807, 2.05) is 6.08 Å². The first kappa shape index (κ1) is 19.0. The van der Waals surface area contributed by atoms with Crippen molar-refractivity contribution in [3.63, 3.8) is 0 Å². The summed E-state index contributed by atoms with van der Waals surface area (Å²) >= 11 is 0. The lowest BCUT2D eigenvalue weighted by Gasteiger charge is -2.15. The highest BCUT2D eigenvalue weighted by molar-refractivity contribution is 5.22. The summed E-state index contributed by atoms with van der Waals surface area (Å²) in [6, 6.07) is 10.9. The Morgan fingerprint density at radius 2 is 1.41 bits per heavy atom. The second-order valence-electron chi connectivity index (χ2n) is 6.26. The van der Waals surface area contributed by atoms with Crippen LogP contribution in [0.3, 0.4) is 0 Å². The van der Waals surface area contributed by atoms with Gasteiger partial charge in [-0.15, -0.1) is 6.58 Å². The molecule has 124 valence electrons. The molecule has 0 aromatic heterocycles. The molecular weight excluding hydrogens is 266 g/mol. The van der Waals surface area contributed by atoms with Crippen LogP contribution in [0.15, 0.2) is 43.0 Å². The number of rotatable bonds is 14. The zero-order valence-electron chi connectivity index (χ0n) is 14.5. The quantitative estimate of drug-likeness (QED) is 0.308. The Morgan fingerprint density at radius 1 is 0.864 bits per heavy atom. The zero-order valence-corrected chi connectivity index (χ0v) is 14.5. The first-order chi connectivity index (χ1) is 10.9. The van der Waals surface area contributed by atoms with Crippen LogP contribution in [0.25, 0.3) is 0 Å². The van der Waals surface area contributed by atoms with Gasteiger partial charge in [0.25, 0.3) is 0 Å². The monoisotopic (exact) mass is 301 g/mol. The molecule has 0 saturated carbocycles. The van der Waals surface area contributed by atoms with E-state index in [1.165, 1.54) is 69.8 Å². The molecule has 1 aromatic carbocycles. The summed E-state index contributed by atoms with van der Waals surface area (Å²) in [5.74, 6) is 0. The Kier molecular flexibility index (Phi) is 11.7. The molecular formula is C21H35N. The number of nitrogens with one attached hydrogen (secondary N) is 1. The van der Waals surface area contributed by atoms with Crippen LogP contribution in [0.1, 0.15) is 82.7 Å². The third kappa shape index (κ3) is 9.04. The van der Waals surface area contributed by atoms with Gasteiger partial charge in [0, 0.05) is 0 Å². The van der Waals surface area contributed by atoms with Crippen molar-refractivity contribution in [1.82, 2.24) is 5.32 Å². The van der Waals surface area contributed by atoms with Gasteiger partial charge in [-0.3, -0.25) is 0 Å². The van der Waals surface area contributed by atoms with Crippen LogP contribution < -0.4 is 5.32 Å². The number of benzene rings is 1. The van der Waals surface area contributed by atoms with Crippen LogP contribution >= 0.6 is 0 Å². The summed E-state index contributed by atoms with van der Waals surface area (Å²) in [6.07, 6.45) is 15.9. The van der Waals surface area contributed by atoms with Crippen molar-refractivity contribution in [2.75, 3.05) is 6.54 Å². The first-order valence-electron chi connectivity index (χ1n) is 9.29. The van der Waals surface area contributed by atoms with Crippen molar-refractivity contribution in [2.24, 2.45) is 0 Å². The highest BCUT2D eigenvalue weighted by atomic mass is 14.9. The van der Waals surface area contributed by atoms with Gasteiger partial charge in [0.1, 0.15) is 0 Å². The molecule has 1 rings (SSSR count). The van der Waals surface area contributed by atoms with E-state index in [-0.39, 0.29) is 0 Å². The molecule has 22 heavy (non-hydrogen) atoms. The number of hydrogen-bond donors (Lipinski definition) is 1. The fraction of sp³-hybridized carbons (Fsp3) is 0.619. The molecule has 0 radical (unpaired) electrons. The molecule has 0 aliphatic carbocycles. The topological polar surface area (TPSA) is 12.0 Å². The first-order valence-corrected chi connectivity index (χ1v) is 9.29. The molecule has 0 amide bonds. The standard InChI is InChI=1S/C21H35N/c1-3-5-6-7-8-9-10-11-12-16-19-22-21(4-2)20-17-14-13-15-18-20/h4,13-15,17-18,21-22H,2-3,5-12,16,19H2,1H3. The van der Waals surface area contributed by atoms with Crippen molar-refractivity contribution in [3.8, 4) is 0 Å². The number of unbranched alkanes of at least 4 members (excludes halogenated alkanes) is 9. The Bertz CT molecular complexity index is 357. The fourth-order valence-electron chi connectivity index (χ4n) is 2.87. The smallest absolute Gasteiger partial charge is 0.0503 e. The lowest BCUT2D eigenvalue weighted by atomic mass is 10.1. The van der Waals surface area contributed by atoms with Crippen LogP contribution in [0, 0.1) is 0 Å². The van der Waals surface area contributed by atoms with Gasteiger partial charge in [-0.2, -0.15) is 0 Å². The maximum absolute atomic E-state index is 3.94. The van der Waals surface area contributed by atoms with Crippen molar-refractivity contribution < 1.29 is 0 Å². The van der Waals surface area contributed by atoms with Crippen molar-refractivity contribution in [2.45, 2.75) is 77.2 Å². The zero-order chi connectivity index (χ0) is 15.9. The summed E-state index contributed by atoms with van der Waals surface area (Å²) in [6.45, 7) is 7.31. The Balaban J connectivity index is 1.95. The molecule has 1 unspecified atom stereocenters. The third-order valence-electron chi connectivity index (χ3n) is 4.29. The molecule has 0 fully saturated rings. The summed E-state index contributed by atoms with van der Waals surface area (Å²) in [4.78, 5) is 0. The highest BCUT2D eigenvalue weighted by Crippen LogP contribution is 2.14. The van der Waals surface area contributed by atoms with Gasteiger partial charge in [0.15, 0.2) is 0 Å². The molecule has 0 aliphatic heterocycles. The van der Waals surface area contributed by atoms with Crippen molar-refractivity contribution in [1.29, 1.82) is 0 Å². The molecule has 1 aromatic rings. The van der Waals surface area contributed by atoms with Gasteiger partial charge in [-0.1, -0.05) is 101 Å². The van der Waals surface area contributed by atoms with Crippen LogP contribution in [0.5, 0.6) is 0 Å². The van der Waals surface area contributed by atoms with Crippen LogP contribution in [-0.4, -0.2) is 6.54 Å². The van der Waals surface area contributed by atoms with E-state index < -0.39 is 0 Å². The summed E-state index contributed by atoms with van der Waals surface area (Å²) in [5, 5.41) is 3.59. The summed E-state index contributed by atoms with van der Waals surface area (Å²) < 4.78 is 0. The van der Waals surface area contributed by atoms with E-state index in [1.54, 1.807) is 0 Å². The highest BCUT2D eigenvalue weighted by Gasteiger charge is 2.04. The molecule has 0 bridgehead atoms. The molecule has 0 heterocycles. The fourth-order valence-corrected chi connectivity index (χ4v) is 2.87. The minimum atomic E-state index is 0.291. The largest absolute Gasteiger partial charge is 0.307 e. The van der Waals surface area contributed by atoms with E-state index >= 15 is 0 Å².